The largest absolute Gasteiger partial charge is 0.341 e. The molecule has 0 bridgehead atoms. The van der Waals surface area contributed by atoms with Gasteiger partial charge >= 0.3 is 0 Å². The van der Waals surface area contributed by atoms with Crippen LogP contribution in [0.5, 0.6) is 0 Å². The van der Waals surface area contributed by atoms with E-state index in [0.717, 1.165) is 44.5 Å². The molecule has 0 atom stereocenters. The van der Waals surface area contributed by atoms with Gasteiger partial charge in [0.1, 0.15) is 12.2 Å². The summed E-state index contributed by atoms with van der Waals surface area (Å²) in [5.41, 5.74) is 0.508. The molecule has 1 aromatic rings. The highest BCUT2D eigenvalue weighted by Gasteiger charge is 2.34. The first kappa shape index (κ1) is 14.0. The number of hydrogen-bond donors (Lipinski definition) is 0. The van der Waals surface area contributed by atoms with E-state index in [1.807, 2.05) is 0 Å². The molecule has 0 radical (unpaired) electrons. The predicted molar refractivity (Wildman–Crippen MR) is 72.7 cm³/mol. The summed E-state index contributed by atoms with van der Waals surface area (Å²) in [5, 5.41) is 3.95. The van der Waals surface area contributed by atoms with E-state index in [4.69, 9.17) is 0 Å². The van der Waals surface area contributed by atoms with Crippen molar-refractivity contribution >= 4 is 21.8 Å². The molecule has 2 heterocycles. The van der Waals surface area contributed by atoms with E-state index in [2.05, 4.69) is 21.0 Å². The Labute approximate surface area is 124 Å². The van der Waals surface area contributed by atoms with Crippen LogP contribution in [-0.2, 0) is 11.3 Å². The molecule has 1 amide bonds. The molecule has 7 heteroatoms. The van der Waals surface area contributed by atoms with Crippen LogP contribution in [0.3, 0.4) is 0 Å². The molecule has 110 valence electrons. The van der Waals surface area contributed by atoms with Crippen molar-refractivity contribution in [2.45, 2.75) is 44.6 Å². The van der Waals surface area contributed by atoms with E-state index < -0.39 is 6.43 Å². The van der Waals surface area contributed by atoms with Gasteiger partial charge in [-0.3, -0.25) is 9.48 Å². The molecule has 2 aliphatic rings. The number of rotatable bonds is 4. The van der Waals surface area contributed by atoms with Crippen LogP contribution in [0, 0.1) is 0 Å². The van der Waals surface area contributed by atoms with Gasteiger partial charge < -0.3 is 4.90 Å². The Morgan fingerprint density at radius 3 is 2.55 bits per heavy atom. The van der Waals surface area contributed by atoms with Crippen LogP contribution < -0.4 is 0 Å². The quantitative estimate of drug-likeness (QED) is 0.839. The fraction of sp³-hybridized carbons (Fsp3) is 0.692. The minimum absolute atomic E-state index is 0.0276. The molecule has 1 aliphatic carbocycles. The summed E-state index contributed by atoms with van der Waals surface area (Å²) in [5.74, 6) is 0.232. The maximum absolute atomic E-state index is 12.9. The van der Waals surface area contributed by atoms with Crippen LogP contribution in [0.1, 0.15) is 49.4 Å². The molecule has 0 unspecified atom stereocenters. The van der Waals surface area contributed by atoms with E-state index in [1.165, 1.54) is 4.68 Å². The molecule has 0 aromatic carbocycles. The zero-order valence-electron chi connectivity index (χ0n) is 11.0. The van der Waals surface area contributed by atoms with Gasteiger partial charge in [0.2, 0.25) is 5.91 Å². The number of aromatic nitrogens is 2. The van der Waals surface area contributed by atoms with Crippen molar-refractivity contribution in [1.82, 2.24) is 14.7 Å². The Hall–Kier alpha value is -0.980. The minimum Gasteiger partial charge on any atom is -0.341 e. The van der Waals surface area contributed by atoms with Crippen LogP contribution in [0.4, 0.5) is 8.78 Å². The molecule has 20 heavy (non-hydrogen) atoms. The van der Waals surface area contributed by atoms with Gasteiger partial charge in [0.15, 0.2) is 0 Å². The summed E-state index contributed by atoms with van der Waals surface area (Å²) in [7, 11) is 0. The highest BCUT2D eigenvalue weighted by atomic mass is 79.9. The number of amides is 1. The van der Waals surface area contributed by atoms with Crippen LogP contribution >= 0.6 is 15.9 Å². The van der Waals surface area contributed by atoms with Crippen molar-refractivity contribution < 1.29 is 13.6 Å². The van der Waals surface area contributed by atoms with Crippen molar-refractivity contribution in [2.75, 3.05) is 13.1 Å². The second-order valence-electron chi connectivity index (χ2n) is 5.40. The summed E-state index contributed by atoms with van der Waals surface area (Å²) in [4.78, 5) is 13.9. The van der Waals surface area contributed by atoms with Crippen molar-refractivity contribution in [3.05, 3.63) is 15.9 Å². The van der Waals surface area contributed by atoms with Crippen LogP contribution in [0.2, 0.25) is 0 Å². The average Bonchev–Trinajstić information content (AvgIpc) is 2.97. The Morgan fingerprint density at radius 2 is 2.00 bits per heavy atom. The van der Waals surface area contributed by atoms with Crippen LogP contribution in [0.15, 0.2) is 4.47 Å². The smallest absolute Gasteiger partial charge is 0.283 e. The highest BCUT2D eigenvalue weighted by Crippen LogP contribution is 2.45. The number of hydrogen-bond acceptors (Lipinski definition) is 2. The fourth-order valence-electron chi connectivity index (χ4n) is 2.67. The molecule has 4 nitrogen and oxygen atoms in total. The number of alkyl halides is 2. The van der Waals surface area contributed by atoms with E-state index in [9.17, 15) is 13.6 Å². The third-order valence-electron chi connectivity index (χ3n) is 3.87. The molecular formula is C13H16BrF2N3O. The maximum atomic E-state index is 12.9. The number of nitrogens with zero attached hydrogens (tertiary/aromatic N) is 3. The lowest BCUT2D eigenvalue weighted by Gasteiger charge is -2.16. The third kappa shape index (κ3) is 2.60. The van der Waals surface area contributed by atoms with Crippen molar-refractivity contribution in [1.29, 1.82) is 0 Å². The predicted octanol–water partition coefficient (Wildman–Crippen LogP) is 3.08. The lowest BCUT2D eigenvalue weighted by Crippen LogP contribution is -2.31. The molecule has 1 saturated carbocycles. The summed E-state index contributed by atoms with van der Waals surface area (Å²) in [6.07, 6.45) is 1.37. The Kier molecular flexibility index (Phi) is 3.79. The number of carbonyl (C=O) groups excluding carboxylic acids is 1. The fourth-order valence-corrected chi connectivity index (χ4v) is 3.45. The Bertz CT molecular complexity index is 522. The summed E-state index contributed by atoms with van der Waals surface area (Å²) < 4.78 is 27.7. The Morgan fingerprint density at radius 1 is 1.35 bits per heavy atom. The molecule has 0 N–H and O–H groups in total. The van der Waals surface area contributed by atoms with Crippen molar-refractivity contribution in [3.63, 3.8) is 0 Å². The topological polar surface area (TPSA) is 38.1 Å². The van der Waals surface area contributed by atoms with E-state index in [1.54, 1.807) is 4.90 Å². The number of likely N-dealkylation sites (tertiary alicyclic amines) is 1. The van der Waals surface area contributed by atoms with Gasteiger partial charge in [-0.05, 0) is 41.6 Å². The van der Waals surface area contributed by atoms with Gasteiger partial charge in [0, 0.05) is 19.0 Å². The second-order valence-corrected chi connectivity index (χ2v) is 6.20. The molecule has 3 rings (SSSR count). The van der Waals surface area contributed by atoms with Gasteiger partial charge in [-0.1, -0.05) is 0 Å². The van der Waals surface area contributed by atoms with E-state index in [0.29, 0.717) is 4.47 Å². The number of carbonyl (C=O) groups is 1. The Balaban J connectivity index is 1.84. The molecular weight excluding hydrogens is 332 g/mol. The first-order valence-corrected chi connectivity index (χ1v) is 7.69. The van der Waals surface area contributed by atoms with E-state index in [-0.39, 0.29) is 24.1 Å². The van der Waals surface area contributed by atoms with Crippen LogP contribution in [0.25, 0.3) is 0 Å². The molecule has 2 fully saturated rings. The molecule has 1 saturated heterocycles. The van der Waals surface area contributed by atoms with Gasteiger partial charge in [0.25, 0.3) is 6.43 Å². The van der Waals surface area contributed by atoms with Gasteiger partial charge in [-0.15, -0.1) is 0 Å². The monoisotopic (exact) mass is 347 g/mol. The van der Waals surface area contributed by atoms with Crippen molar-refractivity contribution in [3.8, 4) is 0 Å². The third-order valence-corrected chi connectivity index (χ3v) is 4.68. The lowest BCUT2D eigenvalue weighted by atomic mass is 10.2. The summed E-state index contributed by atoms with van der Waals surface area (Å²) in [6.45, 7) is 1.60. The zero-order chi connectivity index (χ0) is 14.3. The standard InChI is InChI=1S/C13H16BrF2N3O/c14-10-11(13(15)16)17-19(12(10)8-3-4-8)7-9(20)18-5-1-2-6-18/h8,13H,1-7H2. The highest BCUT2D eigenvalue weighted by molar-refractivity contribution is 9.10. The van der Waals surface area contributed by atoms with Gasteiger partial charge in [0.05, 0.1) is 10.2 Å². The SMILES string of the molecule is O=C(Cn1nc(C(F)F)c(Br)c1C1CC1)N1CCCC1. The first-order chi connectivity index (χ1) is 9.58. The molecule has 0 spiro atoms. The normalized spacial score (nSPS) is 19.1. The number of halogens is 3. The summed E-state index contributed by atoms with van der Waals surface area (Å²) in [6, 6.07) is 0. The average molecular weight is 348 g/mol. The first-order valence-electron chi connectivity index (χ1n) is 6.90. The van der Waals surface area contributed by atoms with Gasteiger partial charge in [-0.2, -0.15) is 5.10 Å². The van der Waals surface area contributed by atoms with Crippen molar-refractivity contribution in [2.24, 2.45) is 0 Å². The lowest BCUT2D eigenvalue weighted by molar-refractivity contribution is -0.131. The maximum Gasteiger partial charge on any atom is 0.283 e. The molecule has 1 aromatic heterocycles. The van der Waals surface area contributed by atoms with Gasteiger partial charge in [-0.25, -0.2) is 8.78 Å². The minimum atomic E-state index is -2.62. The zero-order valence-corrected chi connectivity index (χ0v) is 12.6. The van der Waals surface area contributed by atoms with Crippen LogP contribution in [-0.4, -0.2) is 33.7 Å². The summed E-state index contributed by atoms with van der Waals surface area (Å²) >= 11 is 3.23. The second kappa shape index (κ2) is 5.42. The van der Waals surface area contributed by atoms with E-state index >= 15 is 0 Å². The molecule has 1 aliphatic heterocycles.